The fourth-order valence-corrected chi connectivity index (χ4v) is 5.92. The Kier molecular flexibility index (Phi) is 8.48. The van der Waals surface area contributed by atoms with Gasteiger partial charge in [-0.2, -0.15) is 0 Å². The van der Waals surface area contributed by atoms with Gasteiger partial charge < -0.3 is 14.2 Å². The van der Waals surface area contributed by atoms with Gasteiger partial charge in [-0.3, -0.25) is 14.2 Å². The molecular weight excluding hydrogens is 451 g/mol. The zero-order valence-corrected chi connectivity index (χ0v) is 21.5. The van der Waals surface area contributed by atoms with Gasteiger partial charge in [0.05, 0.1) is 21.3 Å². The van der Waals surface area contributed by atoms with Gasteiger partial charge in [-0.05, 0) is 36.8 Å². The summed E-state index contributed by atoms with van der Waals surface area (Å²) >= 11 is 0. The Morgan fingerprint density at radius 1 is 0.941 bits per heavy atom. The number of benzene rings is 2. The van der Waals surface area contributed by atoms with Crippen molar-refractivity contribution in [3.05, 3.63) is 52.6 Å². The lowest BCUT2D eigenvalue weighted by atomic mass is 9.70. The number of hydrogen-bond donors (Lipinski definition) is 0. The van der Waals surface area contributed by atoms with E-state index >= 15 is 0 Å². The average Bonchev–Trinajstić information content (AvgIpc) is 2.90. The maximum Gasteiger partial charge on any atom is 0.181 e. The molecule has 0 aromatic heterocycles. The van der Waals surface area contributed by atoms with Crippen LogP contribution in [0.1, 0.15) is 71.4 Å². The molecule has 1 aliphatic carbocycles. The Balaban J connectivity index is 2.19. The molecule has 2 atom stereocenters. The van der Waals surface area contributed by atoms with E-state index in [0.29, 0.717) is 48.5 Å². The molecule has 6 nitrogen and oxygen atoms in total. The SMILES string of the molecule is CCc1cccc(CC)c1C(=O)C1(P=O)CCCCC1C(=O)c1c(OC)cc(OC)cc1OC. The summed E-state index contributed by atoms with van der Waals surface area (Å²) in [5.41, 5.74) is 2.70. The van der Waals surface area contributed by atoms with Crippen LogP contribution in [-0.4, -0.2) is 38.1 Å². The van der Waals surface area contributed by atoms with Crippen molar-refractivity contribution in [3.8, 4) is 17.2 Å². The first-order valence-corrected chi connectivity index (χ1v) is 12.6. The van der Waals surface area contributed by atoms with Crippen LogP contribution >= 0.6 is 8.46 Å². The first-order chi connectivity index (χ1) is 16.4. The average molecular weight is 485 g/mol. The largest absolute Gasteiger partial charge is 0.496 e. The number of carbonyl (C=O) groups excluding carboxylic acids is 2. The quantitative estimate of drug-likeness (QED) is 0.298. The third-order valence-corrected chi connectivity index (χ3v) is 8.00. The molecule has 34 heavy (non-hydrogen) atoms. The van der Waals surface area contributed by atoms with Gasteiger partial charge in [-0.25, -0.2) is 0 Å². The summed E-state index contributed by atoms with van der Waals surface area (Å²) < 4.78 is 29.2. The van der Waals surface area contributed by atoms with Gasteiger partial charge in [-0.1, -0.05) is 44.9 Å². The fraction of sp³-hybridized carbons (Fsp3) is 0.481. The monoisotopic (exact) mass is 484 g/mol. The molecule has 7 heteroatoms. The zero-order chi connectivity index (χ0) is 24.9. The van der Waals surface area contributed by atoms with Crippen LogP contribution in [0.25, 0.3) is 0 Å². The highest BCUT2D eigenvalue weighted by Gasteiger charge is 2.53. The van der Waals surface area contributed by atoms with Gasteiger partial charge in [0.1, 0.15) is 28.0 Å². The second-order valence-electron chi connectivity index (χ2n) is 8.57. The third-order valence-electron chi connectivity index (χ3n) is 6.94. The van der Waals surface area contributed by atoms with Crippen molar-refractivity contribution in [3.63, 3.8) is 0 Å². The maximum atomic E-state index is 14.2. The van der Waals surface area contributed by atoms with Crippen molar-refractivity contribution < 1.29 is 28.4 Å². The molecule has 182 valence electrons. The summed E-state index contributed by atoms with van der Waals surface area (Å²) in [6.07, 6.45) is 3.72. The third kappa shape index (κ3) is 4.48. The van der Waals surface area contributed by atoms with E-state index in [1.54, 1.807) is 12.1 Å². The number of carbonyl (C=O) groups is 2. The molecule has 0 N–H and O–H groups in total. The van der Waals surface area contributed by atoms with Crippen molar-refractivity contribution in [2.45, 2.75) is 57.5 Å². The smallest absolute Gasteiger partial charge is 0.181 e. The predicted octanol–water partition coefficient (Wildman–Crippen LogP) is 6.12. The number of aryl methyl sites for hydroxylation is 2. The molecule has 2 aromatic rings. The van der Waals surface area contributed by atoms with Gasteiger partial charge in [0, 0.05) is 23.6 Å². The second kappa shape index (κ2) is 11.1. The van der Waals surface area contributed by atoms with Crippen LogP contribution in [0.4, 0.5) is 0 Å². The lowest BCUT2D eigenvalue weighted by Crippen LogP contribution is -2.47. The number of rotatable bonds is 10. The van der Waals surface area contributed by atoms with Crippen LogP contribution in [0.2, 0.25) is 0 Å². The van der Waals surface area contributed by atoms with E-state index in [0.717, 1.165) is 24.0 Å². The number of Topliss-reactive ketones (excluding diaryl/α,β-unsaturated/α-hetero) is 2. The van der Waals surface area contributed by atoms with Crippen LogP contribution in [0, 0.1) is 5.92 Å². The molecular formula is C27H33O6P. The number of ketones is 2. The van der Waals surface area contributed by atoms with Crippen molar-refractivity contribution >= 4 is 20.0 Å². The molecule has 0 saturated heterocycles. The van der Waals surface area contributed by atoms with E-state index in [1.807, 2.05) is 32.0 Å². The van der Waals surface area contributed by atoms with E-state index in [1.165, 1.54) is 21.3 Å². The first kappa shape index (κ1) is 25.9. The number of ether oxygens (including phenoxy) is 3. The Morgan fingerprint density at radius 3 is 2.00 bits per heavy atom. The number of hydrogen-bond acceptors (Lipinski definition) is 6. The fourth-order valence-electron chi connectivity index (χ4n) is 5.10. The van der Waals surface area contributed by atoms with Crippen molar-refractivity contribution in [1.29, 1.82) is 0 Å². The lowest BCUT2D eigenvalue weighted by Gasteiger charge is -2.38. The van der Waals surface area contributed by atoms with Crippen LogP contribution in [-0.2, 0) is 17.4 Å². The van der Waals surface area contributed by atoms with Crippen molar-refractivity contribution in [2.24, 2.45) is 5.92 Å². The van der Waals surface area contributed by atoms with Crippen LogP contribution in [0.15, 0.2) is 30.3 Å². The molecule has 0 radical (unpaired) electrons. The number of methoxy groups -OCH3 is 3. The van der Waals surface area contributed by atoms with Crippen LogP contribution < -0.4 is 14.2 Å². The topological polar surface area (TPSA) is 78.9 Å². The summed E-state index contributed by atoms with van der Waals surface area (Å²) in [5, 5.41) is -1.33. The van der Waals surface area contributed by atoms with E-state index in [2.05, 4.69) is 0 Å². The van der Waals surface area contributed by atoms with E-state index < -0.39 is 11.1 Å². The first-order valence-electron chi connectivity index (χ1n) is 11.8. The molecule has 1 aliphatic rings. The molecule has 2 aromatic carbocycles. The van der Waals surface area contributed by atoms with Crippen LogP contribution in [0.5, 0.6) is 17.2 Å². The molecule has 3 rings (SSSR count). The minimum atomic E-state index is -1.33. The summed E-state index contributed by atoms with van der Waals surface area (Å²) in [4.78, 5) is 28.3. The van der Waals surface area contributed by atoms with Gasteiger partial charge in [-0.15, -0.1) is 0 Å². The maximum absolute atomic E-state index is 14.2. The molecule has 0 heterocycles. The lowest BCUT2D eigenvalue weighted by molar-refractivity contribution is 0.0741. The highest BCUT2D eigenvalue weighted by atomic mass is 31.1. The zero-order valence-electron chi connectivity index (χ0n) is 20.6. The minimum Gasteiger partial charge on any atom is -0.496 e. The Bertz CT molecular complexity index is 1030. The molecule has 2 unspecified atom stereocenters. The van der Waals surface area contributed by atoms with Gasteiger partial charge in [0.15, 0.2) is 20.0 Å². The Labute approximate surface area is 203 Å². The second-order valence-corrected chi connectivity index (χ2v) is 9.55. The highest BCUT2D eigenvalue weighted by molar-refractivity contribution is 7.28. The normalized spacial score (nSPS) is 20.1. The molecule has 0 aliphatic heterocycles. The van der Waals surface area contributed by atoms with Gasteiger partial charge in [0.25, 0.3) is 0 Å². The molecule has 0 amide bonds. The molecule has 0 spiro atoms. The van der Waals surface area contributed by atoms with Crippen molar-refractivity contribution in [1.82, 2.24) is 0 Å². The van der Waals surface area contributed by atoms with Crippen LogP contribution in [0.3, 0.4) is 0 Å². The highest BCUT2D eigenvalue weighted by Crippen LogP contribution is 2.49. The summed E-state index contributed by atoms with van der Waals surface area (Å²) in [6.45, 7) is 4.01. The minimum absolute atomic E-state index is 0.206. The Hall–Kier alpha value is -2.72. The van der Waals surface area contributed by atoms with E-state index in [9.17, 15) is 14.2 Å². The molecule has 1 saturated carbocycles. The summed E-state index contributed by atoms with van der Waals surface area (Å²) in [7, 11) is 4.14. The molecule has 1 fully saturated rings. The standard InChI is InChI=1S/C27H33O6P/c1-6-17-11-10-12-18(7-2)23(17)26(29)27(34-30)14-9-8-13-20(27)25(28)24-21(32-4)15-19(31-3)16-22(24)33-5/h10-12,15-16,20H,6-9,13-14H2,1-5H3. The predicted molar refractivity (Wildman–Crippen MR) is 132 cm³/mol. The summed E-state index contributed by atoms with van der Waals surface area (Å²) in [6, 6.07) is 9.08. The Morgan fingerprint density at radius 2 is 1.53 bits per heavy atom. The van der Waals surface area contributed by atoms with Crippen molar-refractivity contribution in [2.75, 3.05) is 21.3 Å². The molecule has 0 bridgehead atoms. The van der Waals surface area contributed by atoms with E-state index in [4.69, 9.17) is 14.2 Å². The van der Waals surface area contributed by atoms with Gasteiger partial charge >= 0.3 is 0 Å². The van der Waals surface area contributed by atoms with E-state index in [-0.39, 0.29) is 25.6 Å². The summed E-state index contributed by atoms with van der Waals surface area (Å²) in [5.74, 6) is -0.165. The van der Waals surface area contributed by atoms with Gasteiger partial charge in [0.2, 0.25) is 0 Å².